The van der Waals surface area contributed by atoms with E-state index in [-0.39, 0.29) is 22.6 Å². The molecule has 1 atom stereocenters. The number of thioether (sulfide) groups is 1. The molecule has 0 radical (unpaired) electrons. The van der Waals surface area contributed by atoms with Crippen molar-refractivity contribution in [1.82, 2.24) is 4.72 Å². The lowest BCUT2D eigenvalue weighted by molar-refractivity contribution is -0.113. The first-order valence-corrected chi connectivity index (χ1v) is 12.0. The van der Waals surface area contributed by atoms with Crippen molar-refractivity contribution in [3.8, 4) is 0 Å². The van der Waals surface area contributed by atoms with Crippen molar-refractivity contribution < 1.29 is 13.2 Å². The molecule has 0 bridgehead atoms. The van der Waals surface area contributed by atoms with Gasteiger partial charge in [-0.25, -0.2) is 13.1 Å². The Kier molecular flexibility index (Phi) is 8.64. The van der Waals surface area contributed by atoms with Crippen molar-refractivity contribution >= 4 is 56.6 Å². The van der Waals surface area contributed by atoms with Crippen molar-refractivity contribution in [2.45, 2.75) is 37.0 Å². The fourth-order valence-electron chi connectivity index (χ4n) is 2.22. The lowest BCUT2D eigenvalue weighted by Crippen LogP contribution is -2.31. The van der Waals surface area contributed by atoms with E-state index in [4.69, 9.17) is 23.2 Å². The summed E-state index contributed by atoms with van der Waals surface area (Å²) < 4.78 is 27.1. The third-order valence-electron chi connectivity index (χ3n) is 3.90. The molecule has 152 valence electrons. The maximum Gasteiger partial charge on any atom is 0.240 e. The Labute approximate surface area is 180 Å². The number of sulfonamides is 1. The molecule has 0 aliphatic carbocycles. The zero-order valence-electron chi connectivity index (χ0n) is 15.5. The Morgan fingerprint density at radius 2 is 1.79 bits per heavy atom. The quantitative estimate of drug-likeness (QED) is 0.555. The van der Waals surface area contributed by atoms with E-state index < -0.39 is 10.0 Å². The van der Waals surface area contributed by atoms with Crippen LogP contribution in [-0.4, -0.2) is 26.1 Å². The maximum atomic E-state index is 12.2. The lowest BCUT2D eigenvalue weighted by Gasteiger charge is -2.12. The zero-order chi connectivity index (χ0) is 20.7. The monoisotopic (exact) mass is 460 g/mol. The first kappa shape index (κ1) is 23.0. The van der Waals surface area contributed by atoms with E-state index in [2.05, 4.69) is 10.0 Å². The molecule has 1 amide bonds. The summed E-state index contributed by atoms with van der Waals surface area (Å²) >= 11 is 13.3. The molecule has 2 aromatic carbocycles. The molecule has 28 heavy (non-hydrogen) atoms. The van der Waals surface area contributed by atoms with Crippen molar-refractivity contribution in [2.75, 3.05) is 11.1 Å². The predicted molar refractivity (Wildman–Crippen MR) is 118 cm³/mol. The number of anilines is 1. The normalized spacial score (nSPS) is 12.6. The summed E-state index contributed by atoms with van der Waals surface area (Å²) in [7, 11) is -3.56. The highest BCUT2D eigenvalue weighted by Crippen LogP contribution is 2.24. The Morgan fingerprint density at radius 1 is 1.11 bits per heavy atom. The van der Waals surface area contributed by atoms with Gasteiger partial charge in [0, 0.05) is 17.5 Å². The molecule has 0 aromatic heterocycles. The van der Waals surface area contributed by atoms with Crippen LogP contribution in [0.25, 0.3) is 0 Å². The fourth-order valence-corrected chi connectivity index (χ4v) is 4.64. The van der Waals surface area contributed by atoms with Crippen LogP contribution in [0.2, 0.25) is 10.0 Å². The Bertz CT molecular complexity index is 919. The third-order valence-corrected chi connectivity index (χ3v) is 7.25. The number of benzene rings is 2. The third kappa shape index (κ3) is 6.97. The van der Waals surface area contributed by atoms with E-state index >= 15 is 0 Å². The van der Waals surface area contributed by atoms with E-state index in [9.17, 15) is 13.2 Å². The zero-order valence-corrected chi connectivity index (χ0v) is 18.7. The van der Waals surface area contributed by atoms with Gasteiger partial charge in [0.25, 0.3) is 0 Å². The SMILES string of the molecule is CCC(C)NS(=O)(=O)c1ccc(NC(=O)CSCc2ccc(Cl)c(Cl)c2)cc1. The minimum Gasteiger partial charge on any atom is -0.325 e. The molecule has 2 N–H and O–H groups in total. The molecular weight excluding hydrogens is 439 g/mol. The van der Waals surface area contributed by atoms with Gasteiger partial charge in [0.1, 0.15) is 0 Å². The van der Waals surface area contributed by atoms with Crippen LogP contribution in [0, 0.1) is 0 Å². The average molecular weight is 461 g/mol. The molecule has 0 saturated heterocycles. The van der Waals surface area contributed by atoms with Crippen LogP contribution in [0.5, 0.6) is 0 Å². The second kappa shape index (κ2) is 10.5. The summed E-state index contributed by atoms with van der Waals surface area (Å²) in [6.07, 6.45) is 0.702. The van der Waals surface area contributed by atoms with Crippen molar-refractivity contribution in [2.24, 2.45) is 0 Å². The van der Waals surface area contributed by atoms with Crippen LogP contribution in [0.15, 0.2) is 47.4 Å². The van der Waals surface area contributed by atoms with E-state index in [1.807, 2.05) is 19.9 Å². The summed E-state index contributed by atoms with van der Waals surface area (Å²) in [5, 5.41) is 3.74. The molecule has 0 aliphatic rings. The Hall–Kier alpha value is -1.25. The van der Waals surface area contributed by atoms with Crippen LogP contribution in [0.1, 0.15) is 25.8 Å². The maximum absolute atomic E-state index is 12.2. The minimum absolute atomic E-state index is 0.142. The smallest absolute Gasteiger partial charge is 0.240 e. The highest BCUT2D eigenvalue weighted by Gasteiger charge is 2.16. The molecule has 2 aromatic rings. The van der Waals surface area contributed by atoms with E-state index in [1.54, 1.807) is 24.3 Å². The van der Waals surface area contributed by atoms with Crippen LogP contribution < -0.4 is 10.0 Å². The first-order chi connectivity index (χ1) is 13.2. The number of hydrogen-bond acceptors (Lipinski definition) is 4. The first-order valence-electron chi connectivity index (χ1n) is 8.65. The van der Waals surface area contributed by atoms with E-state index in [0.717, 1.165) is 5.56 Å². The van der Waals surface area contributed by atoms with Crippen LogP contribution in [0.3, 0.4) is 0 Å². The fraction of sp³-hybridized carbons (Fsp3) is 0.316. The highest BCUT2D eigenvalue weighted by atomic mass is 35.5. The summed E-state index contributed by atoms with van der Waals surface area (Å²) in [6, 6.07) is 11.3. The van der Waals surface area contributed by atoms with E-state index in [0.29, 0.717) is 27.9 Å². The Morgan fingerprint density at radius 3 is 2.39 bits per heavy atom. The Balaban J connectivity index is 1.86. The van der Waals surface area contributed by atoms with Crippen LogP contribution in [-0.2, 0) is 20.6 Å². The van der Waals surface area contributed by atoms with Crippen molar-refractivity contribution in [3.63, 3.8) is 0 Å². The van der Waals surface area contributed by atoms with Crippen LogP contribution in [0.4, 0.5) is 5.69 Å². The van der Waals surface area contributed by atoms with Crippen molar-refractivity contribution in [3.05, 3.63) is 58.1 Å². The number of carbonyl (C=O) groups excluding carboxylic acids is 1. The van der Waals surface area contributed by atoms with Gasteiger partial charge in [-0.15, -0.1) is 11.8 Å². The van der Waals surface area contributed by atoms with Gasteiger partial charge >= 0.3 is 0 Å². The van der Waals surface area contributed by atoms with E-state index in [1.165, 1.54) is 23.9 Å². The van der Waals surface area contributed by atoms with Gasteiger partial charge < -0.3 is 5.32 Å². The molecule has 0 aliphatic heterocycles. The molecule has 1 unspecified atom stereocenters. The van der Waals surface area contributed by atoms with Gasteiger partial charge in [-0.3, -0.25) is 4.79 Å². The molecule has 0 spiro atoms. The summed E-state index contributed by atoms with van der Waals surface area (Å²) in [5.74, 6) is 0.719. The predicted octanol–water partition coefficient (Wildman–Crippen LogP) is 4.94. The second-order valence-electron chi connectivity index (χ2n) is 6.24. The minimum atomic E-state index is -3.56. The number of amides is 1. The number of rotatable bonds is 9. The largest absolute Gasteiger partial charge is 0.325 e. The molecule has 9 heteroatoms. The van der Waals surface area contributed by atoms with Gasteiger partial charge in [0.2, 0.25) is 15.9 Å². The van der Waals surface area contributed by atoms with Gasteiger partial charge in [-0.2, -0.15) is 0 Å². The summed E-state index contributed by atoms with van der Waals surface area (Å²) in [5.41, 5.74) is 1.53. The van der Waals surface area contributed by atoms with Crippen molar-refractivity contribution in [1.29, 1.82) is 0 Å². The topological polar surface area (TPSA) is 75.3 Å². The van der Waals surface area contributed by atoms with Gasteiger partial charge in [-0.05, 0) is 55.3 Å². The molecule has 0 heterocycles. The van der Waals surface area contributed by atoms with Crippen LogP contribution >= 0.6 is 35.0 Å². The summed E-state index contributed by atoms with van der Waals surface area (Å²) in [4.78, 5) is 12.2. The number of carbonyl (C=O) groups is 1. The highest BCUT2D eigenvalue weighted by molar-refractivity contribution is 7.99. The molecule has 0 fully saturated rings. The molecule has 0 saturated carbocycles. The molecule has 2 rings (SSSR count). The second-order valence-corrected chi connectivity index (χ2v) is 9.76. The molecule has 5 nitrogen and oxygen atoms in total. The number of halogens is 2. The lowest BCUT2D eigenvalue weighted by atomic mass is 10.2. The standard InChI is InChI=1S/C19H22Cl2N2O3S2/c1-3-13(2)23-28(25,26)16-7-5-15(6-8-16)22-19(24)12-27-11-14-4-9-17(20)18(21)10-14/h4-10,13,23H,3,11-12H2,1-2H3,(H,22,24). The average Bonchev–Trinajstić information content (AvgIpc) is 2.64. The number of hydrogen-bond donors (Lipinski definition) is 2. The van der Waals surface area contributed by atoms with Gasteiger partial charge in [0.15, 0.2) is 0 Å². The number of nitrogens with one attached hydrogen (secondary N) is 2. The van der Waals surface area contributed by atoms with Gasteiger partial charge in [0.05, 0.1) is 20.7 Å². The molecular formula is C19H22Cl2N2O3S2. The van der Waals surface area contributed by atoms with Gasteiger partial charge in [-0.1, -0.05) is 36.2 Å². The summed E-state index contributed by atoms with van der Waals surface area (Å²) in [6.45, 7) is 3.72.